The van der Waals surface area contributed by atoms with Crippen LogP contribution in [0.1, 0.15) is 35.8 Å². The maximum Gasteiger partial charge on any atom is 0.274 e. The van der Waals surface area contributed by atoms with Gasteiger partial charge < -0.3 is 9.32 Å². The zero-order valence-electron chi connectivity index (χ0n) is 17.4. The number of benzene rings is 2. The van der Waals surface area contributed by atoms with Crippen molar-refractivity contribution in [2.75, 3.05) is 0 Å². The van der Waals surface area contributed by atoms with Crippen LogP contribution >= 0.6 is 22.9 Å². The Kier molecular flexibility index (Phi) is 6.15. The third-order valence-electron chi connectivity index (χ3n) is 4.78. The number of rotatable bonds is 6. The molecule has 158 valence electrons. The summed E-state index contributed by atoms with van der Waals surface area (Å²) in [7, 11) is 0. The number of carbonyl (C=O) groups is 1. The molecule has 0 unspecified atom stereocenters. The number of carbonyl (C=O) groups excluding carboxylic acids is 1. The summed E-state index contributed by atoms with van der Waals surface area (Å²) >= 11 is 7.67. The Morgan fingerprint density at radius 2 is 1.87 bits per heavy atom. The van der Waals surface area contributed by atoms with Crippen LogP contribution < -0.4 is 0 Å². The predicted octanol–water partition coefficient (Wildman–Crippen LogP) is 5.87. The van der Waals surface area contributed by atoms with E-state index in [1.807, 2.05) is 63.2 Å². The van der Waals surface area contributed by atoms with Crippen molar-refractivity contribution >= 4 is 28.8 Å². The maximum atomic E-state index is 13.2. The van der Waals surface area contributed by atoms with Crippen LogP contribution in [0.25, 0.3) is 22.0 Å². The summed E-state index contributed by atoms with van der Waals surface area (Å²) in [6.07, 6.45) is 0. The number of aromatic nitrogens is 3. The van der Waals surface area contributed by atoms with E-state index in [0.717, 1.165) is 10.6 Å². The van der Waals surface area contributed by atoms with Crippen LogP contribution in [0.3, 0.4) is 0 Å². The minimum absolute atomic E-state index is 0.0762. The smallest absolute Gasteiger partial charge is 0.274 e. The van der Waals surface area contributed by atoms with E-state index in [1.165, 1.54) is 16.9 Å². The van der Waals surface area contributed by atoms with Crippen molar-refractivity contribution in [3.8, 4) is 22.0 Å². The van der Waals surface area contributed by atoms with Crippen molar-refractivity contribution in [3.63, 3.8) is 0 Å². The third kappa shape index (κ3) is 4.68. The highest BCUT2D eigenvalue weighted by Crippen LogP contribution is 2.28. The largest absolute Gasteiger partial charge is 0.419 e. The molecular weight excluding hydrogens is 432 g/mol. The second-order valence-electron chi connectivity index (χ2n) is 7.41. The van der Waals surface area contributed by atoms with Crippen LogP contribution in [-0.2, 0) is 6.54 Å². The fraction of sp³-hybridized carbons (Fsp3) is 0.217. The molecule has 6 nitrogen and oxygen atoms in total. The molecule has 0 saturated carbocycles. The van der Waals surface area contributed by atoms with Crippen LogP contribution in [0.5, 0.6) is 0 Å². The summed E-state index contributed by atoms with van der Waals surface area (Å²) in [6, 6.07) is 15.3. The van der Waals surface area contributed by atoms with E-state index in [0.29, 0.717) is 28.1 Å². The molecule has 0 bridgehead atoms. The number of aryl methyl sites for hydroxylation is 1. The molecule has 0 radical (unpaired) electrons. The molecule has 0 aliphatic rings. The summed E-state index contributed by atoms with van der Waals surface area (Å²) < 4.78 is 5.78. The Hall–Kier alpha value is -3.03. The van der Waals surface area contributed by atoms with Gasteiger partial charge in [-0.1, -0.05) is 53.6 Å². The van der Waals surface area contributed by atoms with Gasteiger partial charge in [-0.3, -0.25) is 4.79 Å². The topological polar surface area (TPSA) is 72.1 Å². The number of thiazole rings is 1. The molecule has 0 aliphatic carbocycles. The summed E-state index contributed by atoms with van der Waals surface area (Å²) in [4.78, 5) is 19.4. The fourth-order valence-corrected chi connectivity index (χ4v) is 4.06. The number of halogens is 1. The van der Waals surface area contributed by atoms with E-state index >= 15 is 0 Å². The molecule has 0 fully saturated rings. The van der Waals surface area contributed by atoms with Crippen molar-refractivity contribution in [1.82, 2.24) is 20.1 Å². The Morgan fingerprint density at radius 1 is 1.13 bits per heavy atom. The summed E-state index contributed by atoms with van der Waals surface area (Å²) in [5.74, 6) is 0.486. The zero-order chi connectivity index (χ0) is 22.0. The Morgan fingerprint density at radius 3 is 2.58 bits per heavy atom. The number of hydrogen-bond donors (Lipinski definition) is 0. The Balaban J connectivity index is 1.54. The fourth-order valence-electron chi connectivity index (χ4n) is 3.04. The van der Waals surface area contributed by atoms with E-state index < -0.39 is 0 Å². The summed E-state index contributed by atoms with van der Waals surface area (Å²) in [5.41, 5.74) is 3.23. The van der Waals surface area contributed by atoms with Crippen molar-refractivity contribution < 1.29 is 9.21 Å². The monoisotopic (exact) mass is 452 g/mol. The number of amides is 1. The lowest BCUT2D eigenvalue weighted by atomic mass is 10.2. The average molecular weight is 453 g/mol. The average Bonchev–Trinajstić information content (AvgIpc) is 3.42. The normalized spacial score (nSPS) is 11.1. The first-order valence-corrected chi connectivity index (χ1v) is 11.1. The quantitative estimate of drug-likeness (QED) is 0.365. The lowest BCUT2D eigenvalue weighted by molar-refractivity contribution is 0.0667. The van der Waals surface area contributed by atoms with Gasteiger partial charge in [-0.15, -0.1) is 21.5 Å². The molecule has 1 amide bonds. The van der Waals surface area contributed by atoms with Crippen LogP contribution in [0.4, 0.5) is 0 Å². The second-order valence-corrected chi connectivity index (χ2v) is 8.68. The van der Waals surface area contributed by atoms with E-state index in [1.54, 1.807) is 16.3 Å². The molecule has 2 heterocycles. The van der Waals surface area contributed by atoms with E-state index in [9.17, 15) is 4.79 Å². The molecular formula is C23H21ClN4O2S. The van der Waals surface area contributed by atoms with Crippen molar-refractivity contribution in [1.29, 1.82) is 0 Å². The van der Waals surface area contributed by atoms with Crippen LogP contribution in [0.15, 0.2) is 58.3 Å². The van der Waals surface area contributed by atoms with Crippen molar-refractivity contribution in [3.05, 3.63) is 76.1 Å². The highest BCUT2D eigenvalue weighted by molar-refractivity contribution is 7.13. The van der Waals surface area contributed by atoms with E-state index in [2.05, 4.69) is 15.2 Å². The molecule has 8 heteroatoms. The van der Waals surface area contributed by atoms with Gasteiger partial charge in [-0.05, 0) is 32.9 Å². The SMILES string of the molecule is Cc1ccc(-c2nc(C(=O)N(Cc3nnc(-c4ccccc4Cl)o3)C(C)C)cs2)cc1. The van der Waals surface area contributed by atoms with Gasteiger partial charge in [-0.25, -0.2) is 4.98 Å². The van der Waals surface area contributed by atoms with E-state index in [-0.39, 0.29) is 18.5 Å². The standard InChI is InChI=1S/C23H21ClN4O2S/c1-14(2)28(12-20-26-27-21(30-20)17-6-4-5-7-18(17)24)23(29)19-13-31-22(25-19)16-10-8-15(3)9-11-16/h4-11,13-14H,12H2,1-3H3. The van der Waals surface area contributed by atoms with Gasteiger partial charge in [0.05, 0.1) is 17.1 Å². The van der Waals surface area contributed by atoms with Crippen molar-refractivity contribution in [2.45, 2.75) is 33.4 Å². The van der Waals surface area contributed by atoms with Crippen LogP contribution in [0, 0.1) is 6.92 Å². The first-order chi connectivity index (χ1) is 14.9. The molecule has 0 aliphatic heterocycles. The van der Waals surface area contributed by atoms with Gasteiger partial charge in [0.1, 0.15) is 10.7 Å². The van der Waals surface area contributed by atoms with Gasteiger partial charge in [0.15, 0.2) is 0 Å². The van der Waals surface area contributed by atoms with Gasteiger partial charge in [0, 0.05) is 17.0 Å². The molecule has 0 spiro atoms. The molecule has 31 heavy (non-hydrogen) atoms. The summed E-state index contributed by atoms with van der Waals surface area (Å²) in [5, 5.41) is 11.3. The molecule has 0 saturated heterocycles. The molecule has 4 rings (SSSR count). The van der Waals surface area contributed by atoms with Crippen LogP contribution in [-0.4, -0.2) is 32.0 Å². The molecule has 0 atom stereocenters. The third-order valence-corrected chi connectivity index (χ3v) is 6.00. The highest BCUT2D eigenvalue weighted by Gasteiger charge is 2.24. The predicted molar refractivity (Wildman–Crippen MR) is 122 cm³/mol. The lowest BCUT2D eigenvalue weighted by Gasteiger charge is -2.24. The lowest BCUT2D eigenvalue weighted by Crippen LogP contribution is -2.36. The highest BCUT2D eigenvalue weighted by atomic mass is 35.5. The number of hydrogen-bond acceptors (Lipinski definition) is 6. The summed E-state index contributed by atoms with van der Waals surface area (Å²) in [6.45, 7) is 6.11. The molecule has 2 aromatic heterocycles. The zero-order valence-corrected chi connectivity index (χ0v) is 18.9. The minimum Gasteiger partial charge on any atom is -0.419 e. The Bertz CT molecular complexity index is 1200. The van der Waals surface area contributed by atoms with Gasteiger partial charge >= 0.3 is 0 Å². The minimum atomic E-state index is -0.179. The van der Waals surface area contributed by atoms with Crippen molar-refractivity contribution in [2.24, 2.45) is 0 Å². The van der Waals surface area contributed by atoms with Crippen LogP contribution in [0.2, 0.25) is 5.02 Å². The first-order valence-electron chi connectivity index (χ1n) is 9.83. The van der Waals surface area contributed by atoms with Gasteiger partial charge in [0.2, 0.25) is 11.8 Å². The number of nitrogens with zero attached hydrogens (tertiary/aromatic N) is 4. The Labute approximate surface area is 189 Å². The molecule has 0 N–H and O–H groups in total. The first kappa shape index (κ1) is 21.2. The second kappa shape index (κ2) is 8.99. The maximum absolute atomic E-state index is 13.2. The molecule has 2 aromatic carbocycles. The molecule has 4 aromatic rings. The van der Waals surface area contributed by atoms with Gasteiger partial charge in [0.25, 0.3) is 5.91 Å². The van der Waals surface area contributed by atoms with Gasteiger partial charge in [-0.2, -0.15) is 0 Å². The van der Waals surface area contributed by atoms with E-state index in [4.69, 9.17) is 16.0 Å².